The molecule has 4 atom stereocenters. The molecule has 0 unspecified atom stereocenters. The standard InChI is InChI=1S/C15H23N3O11S/c1-8(19)26-12(6-17-18-16)14(28-10(3)21)15(29-11(4)22)13(27-9(2)20)7-25-30(5,23)24/h12-15H,6-7H2,1-5H3/t12-,13-,14-,15-/m1/s1. The normalized spacial score (nSPS) is 14.8. The Labute approximate surface area is 172 Å². The molecule has 0 aromatic carbocycles. The maximum Gasteiger partial charge on any atom is 0.303 e. The Kier molecular flexibility index (Phi) is 11.4. The number of hydrogen-bond acceptors (Lipinski definition) is 12. The van der Waals surface area contributed by atoms with Crippen molar-refractivity contribution in [2.45, 2.75) is 52.1 Å². The molecule has 0 aliphatic carbocycles. The lowest BCUT2D eigenvalue weighted by Gasteiger charge is -2.34. The summed E-state index contributed by atoms with van der Waals surface area (Å²) in [5, 5.41) is 3.26. The van der Waals surface area contributed by atoms with Crippen LogP contribution in [-0.2, 0) is 52.4 Å². The van der Waals surface area contributed by atoms with Crippen molar-refractivity contribution in [2.75, 3.05) is 19.4 Å². The van der Waals surface area contributed by atoms with Gasteiger partial charge in [-0.2, -0.15) is 8.42 Å². The lowest BCUT2D eigenvalue weighted by Crippen LogP contribution is -2.53. The minimum Gasteiger partial charge on any atom is -0.458 e. The summed E-state index contributed by atoms with van der Waals surface area (Å²) in [6.07, 6.45) is -5.67. The van der Waals surface area contributed by atoms with E-state index >= 15 is 0 Å². The fourth-order valence-electron chi connectivity index (χ4n) is 2.23. The van der Waals surface area contributed by atoms with E-state index in [9.17, 15) is 27.6 Å². The Morgan fingerprint density at radius 3 is 1.60 bits per heavy atom. The maximum absolute atomic E-state index is 11.6. The first-order valence-corrected chi connectivity index (χ1v) is 10.1. The molecule has 0 aliphatic rings. The molecule has 0 aromatic rings. The summed E-state index contributed by atoms with van der Waals surface area (Å²) in [6, 6.07) is 0. The Morgan fingerprint density at radius 2 is 1.23 bits per heavy atom. The summed E-state index contributed by atoms with van der Waals surface area (Å²) in [5.41, 5.74) is 8.57. The lowest BCUT2D eigenvalue weighted by atomic mass is 10.0. The molecule has 0 saturated heterocycles. The molecule has 0 N–H and O–H groups in total. The van der Waals surface area contributed by atoms with Crippen LogP contribution in [0.5, 0.6) is 0 Å². The quantitative estimate of drug-likeness (QED) is 0.0962. The SMILES string of the molecule is CC(=O)O[C@@H]([C@H](OC(C)=O)[C@@H](COS(C)(=O)=O)OC(C)=O)[C@@H](CN=[N+]=[N-])OC(C)=O. The van der Waals surface area contributed by atoms with Crippen LogP contribution in [0.25, 0.3) is 10.4 Å². The molecule has 0 fully saturated rings. The van der Waals surface area contributed by atoms with Crippen LogP contribution in [0.3, 0.4) is 0 Å². The number of carbonyl (C=O) groups is 4. The number of esters is 4. The molecular weight excluding hydrogens is 430 g/mol. The molecule has 0 aliphatic heterocycles. The zero-order valence-corrected chi connectivity index (χ0v) is 17.8. The van der Waals surface area contributed by atoms with Gasteiger partial charge in [0.25, 0.3) is 10.1 Å². The minimum atomic E-state index is -4.01. The number of rotatable bonds is 12. The highest BCUT2D eigenvalue weighted by molar-refractivity contribution is 7.85. The molecule has 0 aromatic heterocycles. The van der Waals surface area contributed by atoms with Gasteiger partial charge in [0.15, 0.2) is 18.3 Å². The van der Waals surface area contributed by atoms with Crippen LogP contribution < -0.4 is 0 Å². The van der Waals surface area contributed by atoms with Gasteiger partial charge >= 0.3 is 23.9 Å². The van der Waals surface area contributed by atoms with Gasteiger partial charge in [0.05, 0.1) is 12.8 Å². The van der Waals surface area contributed by atoms with Gasteiger partial charge in [-0.25, -0.2) is 0 Å². The van der Waals surface area contributed by atoms with Crippen molar-refractivity contribution in [1.29, 1.82) is 0 Å². The van der Waals surface area contributed by atoms with E-state index in [1.165, 1.54) is 0 Å². The largest absolute Gasteiger partial charge is 0.458 e. The third kappa shape index (κ3) is 11.8. The molecule has 0 saturated carbocycles. The summed E-state index contributed by atoms with van der Waals surface area (Å²) in [6.45, 7) is 2.61. The molecule has 0 radical (unpaired) electrons. The van der Waals surface area contributed by atoms with Crippen LogP contribution in [-0.4, -0.2) is 76.1 Å². The second-order valence-electron chi connectivity index (χ2n) is 5.85. The first-order chi connectivity index (χ1) is 13.8. The minimum absolute atomic E-state index is 0.550. The fraction of sp³-hybridized carbons (Fsp3) is 0.733. The van der Waals surface area contributed by atoms with E-state index < -0.39 is 71.6 Å². The van der Waals surface area contributed by atoms with Gasteiger partial charge in [-0.1, -0.05) is 5.11 Å². The van der Waals surface area contributed by atoms with Gasteiger partial charge < -0.3 is 18.9 Å². The first kappa shape index (κ1) is 27.1. The van der Waals surface area contributed by atoms with Crippen LogP contribution >= 0.6 is 0 Å². The lowest BCUT2D eigenvalue weighted by molar-refractivity contribution is -0.199. The fourth-order valence-corrected chi connectivity index (χ4v) is 2.61. The smallest absolute Gasteiger partial charge is 0.303 e. The zero-order valence-electron chi connectivity index (χ0n) is 17.0. The van der Waals surface area contributed by atoms with Crippen molar-refractivity contribution < 1.29 is 50.7 Å². The zero-order chi connectivity index (χ0) is 23.5. The summed E-state index contributed by atoms with van der Waals surface area (Å²) in [5.74, 6) is -3.61. The van der Waals surface area contributed by atoms with Crippen LogP contribution in [0.15, 0.2) is 5.11 Å². The van der Waals surface area contributed by atoms with Crippen molar-refractivity contribution >= 4 is 34.0 Å². The average Bonchev–Trinajstić information content (AvgIpc) is 2.56. The highest BCUT2D eigenvalue weighted by atomic mass is 32.2. The van der Waals surface area contributed by atoms with Crippen molar-refractivity contribution in [1.82, 2.24) is 0 Å². The van der Waals surface area contributed by atoms with E-state index in [0.29, 0.717) is 0 Å². The van der Waals surface area contributed by atoms with Gasteiger partial charge in [-0.05, 0) is 5.53 Å². The second kappa shape index (κ2) is 12.6. The molecule has 170 valence electrons. The second-order valence-corrected chi connectivity index (χ2v) is 7.49. The monoisotopic (exact) mass is 453 g/mol. The number of carbonyl (C=O) groups excluding carboxylic acids is 4. The molecule has 0 bridgehead atoms. The third-order valence-corrected chi connectivity index (χ3v) is 3.63. The van der Waals surface area contributed by atoms with Crippen LogP contribution in [0.4, 0.5) is 0 Å². The first-order valence-electron chi connectivity index (χ1n) is 8.31. The van der Waals surface area contributed by atoms with Gasteiger partial charge in [0.2, 0.25) is 0 Å². The van der Waals surface area contributed by atoms with E-state index in [1.807, 2.05) is 0 Å². The van der Waals surface area contributed by atoms with Gasteiger partial charge in [0.1, 0.15) is 12.7 Å². The van der Waals surface area contributed by atoms with Crippen LogP contribution in [0, 0.1) is 0 Å². The van der Waals surface area contributed by atoms with Crippen molar-refractivity contribution in [3.05, 3.63) is 10.4 Å². The van der Waals surface area contributed by atoms with Crippen LogP contribution in [0.2, 0.25) is 0 Å². The van der Waals surface area contributed by atoms with E-state index in [-0.39, 0.29) is 0 Å². The summed E-state index contributed by atoms with van der Waals surface area (Å²) >= 11 is 0. The van der Waals surface area contributed by atoms with Crippen molar-refractivity contribution in [3.63, 3.8) is 0 Å². The van der Waals surface area contributed by atoms with E-state index in [1.54, 1.807) is 0 Å². The van der Waals surface area contributed by atoms with Gasteiger partial charge in [-0.3, -0.25) is 23.4 Å². The highest BCUT2D eigenvalue weighted by Crippen LogP contribution is 2.21. The number of ether oxygens (including phenoxy) is 4. The molecule has 0 heterocycles. The molecule has 30 heavy (non-hydrogen) atoms. The maximum atomic E-state index is 11.6. The van der Waals surface area contributed by atoms with Gasteiger partial charge in [-0.15, -0.1) is 0 Å². The van der Waals surface area contributed by atoms with E-state index in [0.717, 1.165) is 34.0 Å². The van der Waals surface area contributed by atoms with E-state index in [4.69, 9.17) is 24.5 Å². The topological polar surface area (TPSA) is 197 Å². The molecule has 0 rings (SSSR count). The molecular formula is C15H23N3O11S. The third-order valence-electron chi connectivity index (χ3n) is 3.07. The number of nitrogens with zero attached hydrogens (tertiary/aromatic N) is 3. The Balaban J connectivity index is 6.31. The summed E-state index contributed by atoms with van der Waals surface area (Å²) in [7, 11) is -4.01. The van der Waals surface area contributed by atoms with Gasteiger partial charge in [0, 0.05) is 32.6 Å². The number of hydrogen-bond donors (Lipinski definition) is 0. The van der Waals surface area contributed by atoms with Crippen molar-refractivity contribution in [3.8, 4) is 0 Å². The summed E-state index contributed by atoms with van der Waals surface area (Å²) in [4.78, 5) is 48.8. The molecule has 0 amide bonds. The van der Waals surface area contributed by atoms with Crippen LogP contribution in [0.1, 0.15) is 27.7 Å². The van der Waals surface area contributed by atoms with Crippen molar-refractivity contribution in [2.24, 2.45) is 5.11 Å². The predicted octanol–water partition coefficient (Wildman–Crippen LogP) is -0.000300. The summed E-state index contributed by atoms with van der Waals surface area (Å²) < 4.78 is 47.5. The predicted molar refractivity (Wildman–Crippen MR) is 97.0 cm³/mol. The number of azide groups is 1. The Hall–Kier alpha value is -2.90. The van der Waals surface area contributed by atoms with E-state index in [2.05, 4.69) is 14.2 Å². The molecule has 0 spiro atoms. The Bertz CT molecular complexity index is 788. The molecule has 15 heteroatoms. The Morgan fingerprint density at radius 1 is 0.833 bits per heavy atom. The molecule has 14 nitrogen and oxygen atoms in total. The highest BCUT2D eigenvalue weighted by Gasteiger charge is 2.43. The average molecular weight is 453 g/mol.